The molecule has 1 rings (SSSR count). The van der Waals surface area contributed by atoms with Gasteiger partial charge in [-0.2, -0.15) is 0 Å². The molecule has 0 bridgehead atoms. The van der Waals surface area contributed by atoms with Crippen LogP contribution in [0.2, 0.25) is 0 Å². The van der Waals surface area contributed by atoms with Gasteiger partial charge in [0.25, 0.3) is 5.92 Å². The summed E-state index contributed by atoms with van der Waals surface area (Å²) in [6, 6.07) is 0. The van der Waals surface area contributed by atoms with Crippen molar-refractivity contribution in [2.24, 2.45) is 0 Å². The Kier molecular flexibility index (Phi) is 3.70. The van der Waals surface area contributed by atoms with Crippen molar-refractivity contribution >= 4 is 22.6 Å². The van der Waals surface area contributed by atoms with Gasteiger partial charge in [0.05, 0.1) is 6.10 Å². The Labute approximate surface area is 85.0 Å². The van der Waals surface area contributed by atoms with Crippen molar-refractivity contribution in [2.45, 2.75) is 42.1 Å². The molecule has 0 heterocycles. The predicted molar refractivity (Wildman–Crippen MR) is 52.0 cm³/mol. The molecular formula is C8H13F2IO. The monoisotopic (exact) mass is 290 g/mol. The van der Waals surface area contributed by atoms with Gasteiger partial charge in [0.2, 0.25) is 0 Å². The van der Waals surface area contributed by atoms with Crippen LogP contribution in [0.4, 0.5) is 8.78 Å². The van der Waals surface area contributed by atoms with Crippen LogP contribution >= 0.6 is 22.6 Å². The van der Waals surface area contributed by atoms with Crippen LogP contribution in [0.3, 0.4) is 0 Å². The van der Waals surface area contributed by atoms with Crippen LogP contribution in [-0.2, 0) is 4.74 Å². The van der Waals surface area contributed by atoms with Crippen molar-refractivity contribution in [2.75, 3.05) is 6.61 Å². The summed E-state index contributed by atoms with van der Waals surface area (Å²) in [5, 5.41) is 0. The van der Waals surface area contributed by atoms with Gasteiger partial charge in [0.1, 0.15) is 6.61 Å². The van der Waals surface area contributed by atoms with Crippen molar-refractivity contribution < 1.29 is 13.5 Å². The maximum atomic E-state index is 12.4. The number of hydrogen-bond acceptors (Lipinski definition) is 1. The first-order chi connectivity index (χ1) is 5.49. The summed E-state index contributed by atoms with van der Waals surface area (Å²) in [7, 11) is 0. The molecule has 0 spiro atoms. The molecule has 72 valence electrons. The quantitative estimate of drug-likeness (QED) is 0.573. The summed E-state index contributed by atoms with van der Waals surface area (Å²) in [6.45, 7) is 0.460. The van der Waals surface area contributed by atoms with E-state index in [1.807, 2.05) is 0 Å². The van der Waals surface area contributed by atoms with E-state index in [0.717, 1.165) is 26.2 Å². The normalized spacial score (nSPS) is 31.0. The SMILES string of the molecule is CC(F)(F)COC1CCCC1I. The number of alkyl halides is 3. The highest BCUT2D eigenvalue weighted by atomic mass is 127. The van der Waals surface area contributed by atoms with E-state index >= 15 is 0 Å². The number of rotatable bonds is 3. The highest BCUT2D eigenvalue weighted by molar-refractivity contribution is 14.1. The molecular weight excluding hydrogens is 277 g/mol. The zero-order valence-electron chi connectivity index (χ0n) is 7.03. The molecule has 1 aliphatic carbocycles. The van der Waals surface area contributed by atoms with Gasteiger partial charge < -0.3 is 4.74 Å². The van der Waals surface area contributed by atoms with Gasteiger partial charge in [-0.05, 0) is 19.3 Å². The van der Waals surface area contributed by atoms with Gasteiger partial charge >= 0.3 is 0 Å². The minimum Gasteiger partial charge on any atom is -0.371 e. The van der Waals surface area contributed by atoms with Crippen molar-refractivity contribution in [3.63, 3.8) is 0 Å². The molecule has 0 aromatic rings. The number of halogens is 3. The minimum absolute atomic E-state index is 0.0522. The van der Waals surface area contributed by atoms with E-state index in [-0.39, 0.29) is 6.10 Å². The average Bonchev–Trinajstić information content (AvgIpc) is 2.29. The van der Waals surface area contributed by atoms with E-state index in [9.17, 15) is 8.78 Å². The lowest BCUT2D eigenvalue weighted by atomic mass is 10.3. The maximum absolute atomic E-state index is 12.4. The van der Waals surface area contributed by atoms with Gasteiger partial charge in [-0.25, -0.2) is 8.78 Å². The Bertz CT molecular complexity index is 146. The van der Waals surface area contributed by atoms with Crippen LogP contribution < -0.4 is 0 Å². The van der Waals surface area contributed by atoms with Crippen LogP contribution in [0, 0.1) is 0 Å². The molecule has 4 heteroatoms. The van der Waals surface area contributed by atoms with Crippen LogP contribution in [0.1, 0.15) is 26.2 Å². The zero-order valence-corrected chi connectivity index (χ0v) is 9.18. The zero-order chi connectivity index (χ0) is 9.19. The first-order valence-corrected chi connectivity index (χ1v) is 5.37. The van der Waals surface area contributed by atoms with Crippen molar-refractivity contribution in [1.29, 1.82) is 0 Å². The molecule has 0 aliphatic heterocycles. The first kappa shape index (κ1) is 10.6. The summed E-state index contributed by atoms with van der Waals surface area (Å²) in [5.74, 6) is -2.68. The third kappa shape index (κ3) is 3.51. The van der Waals surface area contributed by atoms with Gasteiger partial charge in [-0.1, -0.05) is 22.6 Å². The predicted octanol–water partition coefficient (Wildman–Crippen LogP) is 3.01. The summed E-state index contributed by atoms with van der Waals surface area (Å²) < 4.78 is 30.3. The van der Waals surface area contributed by atoms with E-state index < -0.39 is 12.5 Å². The molecule has 1 aliphatic rings. The summed E-state index contributed by atoms with van der Waals surface area (Å²) >= 11 is 2.28. The third-order valence-electron chi connectivity index (χ3n) is 1.92. The molecule has 0 aromatic heterocycles. The first-order valence-electron chi connectivity index (χ1n) is 4.12. The molecule has 1 saturated carbocycles. The highest BCUT2D eigenvalue weighted by Crippen LogP contribution is 2.29. The average molecular weight is 290 g/mol. The van der Waals surface area contributed by atoms with Crippen LogP contribution in [0.25, 0.3) is 0 Å². The fourth-order valence-corrected chi connectivity index (χ4v) is 2.33. The van der Waals surface area contributed by atoms with E-state index in [0.29, 0.717) is 3.92 Å². The Hall–Kier alpha value is 0.550. The van der Waals surface area contributed by atoms with Gasteiger partial charge in [-0.3, -0.25) is 0 Å². The molecule has 0 N–H and O–H groups in total. The molecule has 0 saturated heterocycles. The van der Waals surface area contributed by atoms with E-state index in [4.69, 9.17) is 4.74 Å². The molecule has 0 radical (unpaired) electrons. The molecule has 2 atom stereocenters. The Morgan fingerprint density at radius 1 is 1.50 bits per heavy atom. The second kappa shape index (κ2) is 4.17. The summed E-state index contributed by atoms with van der Waals surface area (Å²) in [4.78, 5) is 0. The lowest BCUT2D eigenvalue weighted by molar-refractivity contribution is -0.0834. The fraction of sp³-hybridized carbons (Fsp3) is 1.00. The molecule has 12 heavy (non-hydrogen) atoms. The number of hydrogen-bond donors (Lipinski definition) is 0. The van der Waals surface area contributed by atoms with Crippen LogP contribution in [0.5, 0.6) is 0 Å². The Morgan fingerprint density at radius 2 is 2.17 bits per heavy atom. The van der Waals surface area contributed by atoms with Gasteiger partial charge in [-0.15, -0.1) is 0 Å². The standard InChI is InChI=1S/C8H13F2IO/c1-8(9,10)5-12-7-4-2-3-6(7)11/h6-7H,2-5H2,1H3. The lowest BCUT2D eigenvalue weighted by Gasteiger charge is -2.18. The lowest BCUT2D eigenvalue weighted by Crippen LogP contribution is -2.26. The molecule has 0 amide bonds. The van der Waals surface area contributed by atoms with E-state index in [1.165, 1.54) is 0 Å². The molecule has 1 fully saturated rings. The largest absolute Gasteiger partial charge is 0.371 e. The summed E-state index contributed by atoms with van der Waals surface area (Å²) in [5.41, 5.74) is 0. The van der Waals surface area contributed by atoms with E-state index in [1.54, 1.807) is 0 Å². The third-order valence-corrected chi connectivity index (χ3v) is 3.35. The Balaban J connectivity index is 2.23. The highest BCUT2D eigenvalue weighted by Gasteiger charge is 2.29. The van der Waals surface area contributed by atoms with Gasteiger partial charge in [0, 0.05) is 10.8 Å². The van der Waals surface area contributed by atoms with Crippen molar-refractivity contribution in [3.05, 3.63) is 0 Å². The number of ether oxygens (including phenoxy) is 1. The summed E-state index contributed by atoms with van der Waals surface area (Å²) in [6.07, 6.45) is 3.19. The molecule has 1 nitrogen and oxygen atoms in total. The Morgan fingerprint density at radius 3 is 2.58 bits per heavy atom. The van der Waals surface area contributed by atoms with Crippen molar-refractivity contribution in [3.8, 4) is 0 Å². The van der Waals surface area contributed by atoms with Gasteiger partial charge in [0.15, 0.2) is 0 Å². The van der Waals surface area contributed by atoms with E-state index in [2.05, 4.69) is 22.6 Å². The second-order valence-electron chi connectivity index (χ2n) is 3.37. The molecule has 0 aromatic carbocycles. The topological polar surface area (TPSA) is 9.23 Å². The molecule has 2 unspecified atom stereocenters. The van der Waals surface area contributed by atoms with Crippen molar-refractivity contribution in [1.82, 2.24) is 0 Å². The van der Waals surface area contributed by atoms with Crippen LogP contribution in [-0.4, -0.2) is 22.6 Å². The fourth-order valence-electron chi connectivity index (χ4n) is 1.32. The maximum Gasteiger partial charge on any atom is 0.268 e. The minimum atomic E-state index is -2.68. The second-order valence-corrected chi connectivity index (χ2v) is 4.97. The van der Waals surface area contributed by atoms with Crippen LogP contribution in [0.15, 0.2) is 0 Å². The smallest absolute Gasteiger partial charge is 0.268 e.